The van der Waals surface area contributed by atoms with Crippen molar-refractivity contribution in [3.8, 4) is 0 Å². The van der Waals surface area contributed by atoms with Gasteiger partial charge in [0.05, 0.1) is 9.82 Å². The van der Waals surface area contributed by atoms with Crippen LogP contribution >= 0.6 is 0 Å². The van der Waals surface area contributed by atoms with Crippen molar-refractivity contribution in [2.45, 2.75) is 25.7 Å². The lowest BCUT2D eigenvalue weighted by Crippen LogP contribution is -2.16. The van der Waals surface area contributed by atoms with Crippen LogP contribution < -0.4 is 10.0 Å². The lowest BCUT2D eigenvalue weighted by atomic mass is 10.1. The number of rotatable bonds is 6. The fraction of sp³-hybridized carbons (Fsp3) is 0.136. The van der Waals surface area contributed by atoms with Crippen molar-refractivity contribution in [2.75, 3.05) is 10.0 Å². The molecular weight excluding hydrogens is 418 g/mol. The summed E-state index contributed by atoms with van der Waals surface area (Å²) in [4.78, 5) is 23.1. The van der Waals surface area contributed by atoms with E-state index >= 15 is 0 Å². The van der Waals surface area contributed by atoms with E-state index in [4.69, 9.17) is 0 Å². The molecule has 3 aromatic carbocycles. The van der Waals surface area contributed by atoms with Crippen molar-refractivity contribution < 1.29 is 18.1 Å². The second-order valence-electron chi connectivity index (χ2n) is 7.16. The van der Waals surface area contributed by atoms with Crippen LogP contribution in [0.2, 0.25) is 0 Å². The van der Waals surface area contributed by atoms with Crippen LogP contribution in [-0.4, -0.2) is 19.2 Å². The number of sulfonamides is 1. The smallest absolute Gasteiger partial charge is 0.272 e. The number of aryl methyl sites for hydroxylation is 3. The van der Waals surface area contributed by atoms with E-state index in [1.54, 1.807) is 38.1 Å². The van der Waals surface area contributed by atoms with Gasteiger partial charge in [0.2, 0.25) is 0 Å². The third-order valence-corrected chi connectivity index (χ3v) is 6.07. The van der Waals surface area contributed by atoms with E-state index < -0.39 is 20.9 Å². The van der Waals surface area contributed by atoms with Gasteiger partial charge in [0.25, 0.3) is 21.6 Å². The molecule has 0 saturated heterocycles. The lowest BCUT2D eigenvalue weighted by Gasteiger charge is -2.13. The van der Waals surface area contributed by atoms with Crippen LogP contribution in [-0.2, 0) is 10.0 Å². The van der Waals surface area contributed by atoms with Crippen LogP contribution in [0.15, 0.2) is 65.6 Å². The number of carbonyl (C=O) groups excluding carboxylic acids is 1. The number of amides is 1. The molecule has 0 aliphatic rings. The van der Waals surface area contributed by atoms with E-state index in [1.165, 1.54) is 30.3 Å². The Kier molecular flexibility index (Phi) is 6.07. The summed E-state index contributed by atoms with van der Waals surface area (Å²) < 4.78 is 28.1. The van der Waals surface area contributed by atoms with Crippen molar-refractivity contribution in [2.24, 2.45) is 0 Å². The molecule has 2 N–H and O–H groups in total. The monoisotopic (exact) mass is 439 g/mol. The van der Waals surface area contributed by atoms with Gasteiger partial charge in [-0.25, -0.2) is 8.42 Å². The van der Waals surface area contributed by atoms with E-state index in [0.717, 1.165) is 5.56 Å². The molecule has 0 saturated carbocycles. The molecule has 0 spiro atoms. The Balaban J connectivity index is 1.86. The summed E-state index contributed by atoms with van der Waals surface area (Å²) in [7, 11) is -3.87. The number of nitro benzene ring substituents is 1. The van der Waals surface area contributed by atoms with Crippen LogP contribution in [0.1, 0.15) is 27.0 Å². The summed E-state index contributed by atoms with van der Waals surface area (Å²) in [5.74, 6) is -0.498. The summed E-state index contributed by atoms with van der Waals surface area (Å²) in [6.07, 6.45) is 0. The average molecular weight is 439 g/mol. The highest BCUT2D eigenvalue weighted by Crippen LogP contribution is 2.24. The minimum atomic E-state index is -3.87. The van der Waals surface area contributed by atoms with Crippen LogP contribution in [0.5, 0.6) is 0 Å². The first-order valence-electron chi connectivity index (χ1n) is 9.33. The van der Waals surface area contributed by atoms with E-state index in [2.05, 4.69) is 10.0 Å². The molecule has 3 aromatic rings. The predicted molar refractivity (Wildman–Crippen MR) is 119 cm³/mol. The van der Waals surface area contributed by atoms with Gasteiger partial charge in [0.1, 0.15) is 0 Å². The van der Waals surface area contributed by atoms with Crippen LogP contribution in [0.25, 0.3) is 0 Å². The molecule has 0 atom stereocenters. The first kappa shape index (κ1) is 22.0. The van der Waals surface area contributed by atoms with Crippen molar-refractivity contribution in [1.29, 1.82) is 0 Å². The third kappa shape index (κ3) is 5.07. The SMILES string of the molecule is Cc1cccc(NS(=O)(=O)c2ccc(C)c(NC(=O)c3ccc([N+](=O)[O-])c(C)c3)c2)c1. The normalized spacial score (nSPS) is 11.1. The first-order valence-corrected chi connectivity index (χ1v) is 10.8. The molecule has 0 fully saturated rings. The number of anilines is 2. The Hall–Kier alpha value is -3.72. The Morgan fingerprint density at radius 3 is 2.32 bits per heavy atom. The Morgan fingerprint density at radius 2 is 1.68 bits per heavy atom. The molecule has 1 amide bonds. The molecule has 0 aromatic heterocycles. The number of carbonyl (C=O) groups is 1. The average Bonchev–Trinajstić information content (AvgIpc) is 2.68. The Morgan fingerprint density at radius 1 is 0.935 bits per heavy atom. The maximum atomic E-state index is 12.8. The lowest BCUT2D eigenvalue weighted by molar-refractivity contribution is -0.385. The fourth-order valence-corrected chi connectivity index (χ4v) is 4.10. The summed E-state index contributed by atoms with van der Waals surface area (Å²) in [6, 6.07) is 15.5. The highest BCUT2D eigenvalue weighted by Gasteiger charge is 2.18. The molecule has 0 radical (unpaired) electrons. The van der Waals surface area contributed by atoms with Crippen molar-refractivity contribution in [3.63, 3.8) is 0 Å². The fourth-order valence-electron chi connectivity index (χ4n) is 3.02. The molecule has 0 aliphatic carbocycles. The maximum absolute atomic E-state index is 12.8. The largest absolute Gasteiger partial charge is 0.322 e. The molecule has 3 rings (SSSR count). The zero-order valence-corrected chi connectivity index (χ0v) is 18.0. The molecule has 0 bridgehead atoms. The van der Waals surface area contributed by atoms with Gasteiger partial charge >= 0.3 is 0 Å². The second-order valence-corrected chi connectivity index (χ2v) is 8.85. The minimum Gasteiger partial charge on any atom is -0.322 e. The first-order chi connectivity index (χ1) is 14.6. The van der Waals surface area contributed by atoms with Gasteiger partial charge < -0.3 is 5.32 Å². The Bertz CT molecular complexity index is 1290. The highest BCUT2D eigenvalue weighted by molar-refractivity contribution is 7.92. The van der Waals surface area contributed by atoms with Crippen molar-refractivity contribution >= 4 is 33.0 Å². The quantitative estimate of drug-likeness (QED) is 0.431. The van der Waals surface area contributed by atoms with Crippen LogP contribution in [0.3, 0.4) is 0 Å². The van der Waals surface area contributed by atoms with Gasteiger partial charge in [-0.05, 0) is 68.3 Å². The topological polar surface area (TPSA) is 118 Å². The molecule has 0 unspecified atom stereocenters. The molecule has 0 heterocycles. The van der Waals surface area contributed by atoms with Gasteiger partial charge in [-0.3, -0.25) is 19.6 Å². The van der Waals surface area contributed by atoms with Crippen LogP contribution in [0, 0.1) is 30.9 Å². The third-order valence-electron chi connectivity index (χ3n) is 4.69. The Labute approximate surface area is 180 Å². The zero-order chi connectivity index (χ0) is 22.8. The zero-order valence-electron chi connectivity index (χ0n) is 17.2. The van der Waals surface area contributed by atoms with E-state index in [0.29, 0.717) is 22.5 Å². The standard InChI is InChI=1S/C22H21N3O5S/c1-14-5-4-6-18(11-14)24-31(29,30)19-9-7-15(2)20(13-19)23-22(26)17-8-10-21(25(27)28)16(3)12-17/h4-13,24H,1-3H3,(H,23,26). The number of hydrogen-bond donors (Lipinski definition) is 2. The second kappa shape index (κ2) is 8.57. The number of nitrogens with zero attached hydrogens (tertiary/aromatic N) is 1. The highest BCUT2D eigenvalue weighted by atomic mass is 32.2. The summed E-state index contributed by atoms with van der Waals surface area (Å²) in [5, 5.41) is 13.6. The van der Waals surface area contributed by atoms with E-state index in [1.807, 2.05) is 13.0 Å². The van der Waals surface area contributed by atoms with Gasteiger partial charge in [0.15, 0.2) is 0 Å². The maximum Gasteiger partial charge on any atom is 0.272 e. The predicted octanol–water partition coefficient (Wildman–Crippen LogP) is 4.57. The van der Waals surface area contributed by atoms with E-state index in [9.17, 15) is 23.3 Å². The van der Waals surface area contributed by atoms with Gasteiger partial charge in [-0.1, -0.05) is 18.2 Å². The van der Waals surface area contributed by atoms with Crippen molar-refractivity contribution in [3.05, 3.63) is 93.0 Å². The minimum absolute atomic E-state index is 0.00483. The van der Waals surface area contributed by atoms with Gasteiger partial charge in [0, 0.05) is 28.6 Å². The van der Waals surface area contributed by atoms with E-state index in [-0.39, 0.29) is 16.1 Å². The summed E-state index contributed by atoms with van der Waals surface area (Å²) in [6.45, 7) is 5.14. The molecule has 9 heteroatoms. The van der Waals surface area contributed by atoms with Crippen molar-refractivity contribution in [1.82, 2.24) is 0 Å². The molecule has 31 heavy (non-hydrogen) atoms. The molecule has 160 valence electrons. The van der Waals surface area contributed by atoms with Gasteiger partial charge in [-0.2, -0.15) is 0 Å². The van der Waals surface area contributed by atoms with Crippen LogP contribution in [0.4, 0.5) is 17.1 Å². The van der Waals surface area contributed by atoms with Gasteiger partial charge in [-0.15, -0.1) is 0 Å². The molecule has 0 aliphatic heterocycles. The summed E-state index contributed by atoms with van der Waals surface area (Å²) in [5.41, 5.74) is 2.85. The number of nitrogens with one attached hydrogen (secondary N) is 2. The number of benzene rings is 3. The molecular formula is C22H21N3O5S. The summed E-state index contributed by atoms with van der Waals surface area (Å²) >= 11 is 0. The number of nitro groups is 1. The molecule has 8 nitrogen and oxygen atoms in total. The number of hydrogen-bond acceptors (Lipinski definition) is 5.